The van der Waals surface area contributed by atoms with Crippen molar-refractivity contribution in [3.05, 3.63) is 48.7 Å². The molecule has 0 unspecified atom stereocenters. The standard InChI is InChI=1S/C20H21N5O2/c26-20(13-24-18-6-2-1-5-17(18)22-23-24)25-14-8-9-15(25)12-16(11-14)27-19-7-3-4-10-21-19/h1-7,10,14-16H,8-9,11-13H2/t14-,15-/m0/s1. The molecule has 7 heteroatoms. The van der Waals surface area contributed by atoms with Crippen LogP contribution in [-0.2, 0) is 11.3 Å². The quantitative estimate of drug-likeness (QED) is 0.712. The van der Waals surface area contributed by atoms with Gasteiger partial charge in [0.2, 0.25) is 11.8 Å². The van der Waals surface area contributed by atoms with Crippen LogP contribution in [0.2, 0.25) is 0 Å². The normalized spacial score (nSPS) is 24.3. The molecule has 3 aromatic rings. The van der Waals surface area contributed by atoms with Crippen LogP contribution in [0.3, 0.4) is 0 Å². The van der Waals surface area contributed by atoms with Gasteiger partial charge in [-0.2, -0.15) is 0 Å². The Bertz CT molecular complexity index is 943. The summed E-state index contributed by atoms with van der Waals surface area (Å²) in [6, 6.07) is 13.9. The lowest BCUT2D eigenvalue weighted by atomic mass is 9.99. The smallest absolute Gasteiger partial charge is 0.244 e. The van der Waals surface area contributed by atoms with E-state index >= 15 is 0 Å². The first-order valence-electron chi connectivity index (χ1n) is 9.45. The molecular formula is C20H21N5O2. The molecule has 1 aromatic carbocycles. The minimum Gasteiger partial charge on any atom is -0.474 e. The van der Waals surface area contributed by atoms with Crippen molar-refractivity contribution in [3.8, 4) is 5.88 Å². The number of hydrogen-bond donors (Lipinski definition) is 0. The van der Waals surface area contributed by atoms with E-state index in [0.29, 0.717) is 5.88 Å². The van der Waals surface area contributed by atoms with Crippen LogP contribution in [0.25, 0.3) is 11.0 Å². The van der Waals surface area contributed by atoms with Crippen molar-refractivity contribution >= 4 is 16.9 Å². The first-order chi connectivity index (χ1) is 13.3. The number of carbonyl (C=O) groups excluding carboxylic acids is 1. The maximum absolute atomic E-state index is 13.0. The third kappa shape index (κ3) is 3.03. The second-order valence-corrected chi connectivity index (χ2v) is 7.30. The van der Waals surface area contributed by atoms with Crippen molar-refractivity contribution in [2.45, 2.75) is 50.4 Å². The zero-order valence-corrected chi connectivity index (χ0v) is 14.9. The Balaban J connectivity index is 1.28. The lowest BCUT2D eigenvalue weighted by Gasteiger charge is -2.38. The van der Waals surface area contributed by atoms with Gasteiger partial charge in [-0.15, -0.1) is 5.10 Å². The summed E-state index contributed by atoms with van der Waals surface area (Å²) in [7, 11) is 0. The molecule has 5 rings (SSSR count). The molecule has 27 heavy (non-hydrogen) atoms. The molecule has 1 amide bonds. The monoisotopic (exact) mass is 363 g/mol. The topological polar surface area (TPSA) is 73.1 Å². The van der Waals surface area contributed by atoms with Gasteiger partial charge < -0.3 is 9.64 Å². The molecule has 2 fully saturated rings. The molecule has 4 heterocycles. The van der Waals surface area contributed by atoms with Crippen molar-refractivity contribution < 1.29 is 9.53 Å². The number of benzene rings is 1. The van der Waals surface area contributed by atoms with Crippen molar-refractivity contribution in [3.63, 3.8) is 0 Å². The number of pyridine rings is 1. The average molecular weight is 363 g/mol. The third-order valence-corrected chi connectivity index (χ3v) is 5.61. The molecule has 2 aliphatic rings. The molecule has 2 aromatic heterocycles. The second kappa shape index (κ2) is 6.64. The second-order valence-electron chi connectivity index (χ2n) is 7.30. The van der Waals surface area contributed by atoms with E-state index in [-0.39, 0.29) is 30.6 Å². The first-order valence-corrected chi connectivity index (χ1v) is 9.45. The molecule has 0 saturated carbocycles. The molecule has 2 atom stereocenters. The summed E-state index contributed by atoms with van der Waals surface area (Å²) in [5.41, 5.74) is 1.71. The highest BCUT2D eigenvalue weighted by atomic mass is 16.5. The van der Waals surface area contributed by atoms with Gasteiger partial charge in [-0.3, -0.25) is 4.79 Å². The van der Waals surface area contributed by atoms with E-state index in [0.717, 1.165) is 36.7 Å². The fourth-order valence-corrected chi connectivity index (χ4v) is 4.46. The van der Waals surface area contributed by atoms with Gasteiger partial charge in [0.1, 0.15) is 18.2 Å². The van der Waals surface area contributed by atoms with Crippen molar-refractivity contribution in [1.82, 2.24) is 24.9 Å². The van der Waals surface area contributed by atoms with Crippen LogP contribution >= 0.6 is 0 Å². The van der Waals surface area contributed by atoms with Crippen molar-refractivity contribution in [2.24, 2.45) is 0 Å². The summed E-state index contributed by atoms with van der Waals surface area (Å²) >= 11 is 0. The minimum atomic E-state index is 0.119. The lowest BCUT2D eigenvalue weighted by molar-refractivity contribution is -0.137. The number of rotatable bonds is 4. The summed E-state index contributed by atoms with van der Waals surface area (Å²) in [6.45, 7) is 0.235. The van der Waals surface area contributed by atoms with E-state index in [1.54, 1.807) is 10.9 Å². The van der Waals surface area contributed by atoms with E-state index in [4.69, 9.17) is 4.74 Å². The highest BCUT2D eigenvalue weighted by Gasteiger charge is 2.44. The molecule has 138 valence electrons. The van der Waals surface area contributed by atoms with E-state index in [9.17, 15) is 4.79 Å². The van der Waals surface area contributed by atoms with Crippen molar-refractivity contribution in [2.75, 3.05) is 0 Å². The highest BCUT2D eigenvalue weighted by Crippen LogP contribution is 2.37. The fraction of sp³-hybridized carbons (Fsp3) is 0.400. The maximum atomic E-state index is 13.0. The molecule has 2 bridgehead atoms. The number of piperidine rings is 1. The zero-order chi connectivity index (χ0) is 18.2. The number of aromatic nitrogens is 4. The fourth-order valence-electron chi connectivity index (χ4n) is 4.46. The molecule has 0 radical (unpaired) electrons. The van der Waals surface area contributed by atoms with E-state index in [1.165, 1.54) is 0 Å². The Morgan fingerprint density at radius 3 is 2.63 bits per heavy atom. The molecule has 0 aliphatic carbocycles. The van der Waals surface area contributed by atoms with Crippen LogP contribution < -0.4 is 4.74 Å². The Labute approximate surface area is 156 Å². The van der Waals surface area contributed by atoms with Gasteiger partial charge in [-0.05, 0) is 31.0 Å². The zero-order valence-electron chi connectivity index (χ0n) is 14.9. The summed E-state index contributed by atoms with van der Waals surface area (Å²) in [5.74, 6) is 0.783. The Hall–Kier alpha value is -2.96. The highest BCUT2D eigenvalue weighted by molar-refractivity contribution is 5.80. The largest absolute Gasteiger partial charge is 0.474 e. The van der Waals surface area contributed by atoms with Crippen LogP contribution in [0.4, 0.5) is 0 Å². The third-order valence-electron chi connectivity index (χ3n) is 5.61. The first kappa shape index (κ1) is 16.2. The number of amides is 1. The summed E-state index contributed by atoms with van der Waals surface area (Å²) in [4.78, 5) is 19.3. The number of hydrogen-bond acceptors (Lipinski definition) is 5. The van der Waals surface area contributed by atoms with Crippen LogP contribution in [0.5, 0.6) is 5.88 Å². The van der Waals surface area contributed by atoms with Gasteiger partial charge in [0, 0.05) is 37.2 Å². The molecule has 0 spiro atoms. The van der Waals surface area contributed by atoms with Crippen LogP contribution in [-0.4, -0.2) is 49.0 Å². The maximum Gasteiger partial charge on any atom is 0.244 e. The predicted octanol–water partition coefficient (Wildman–Crippen LogP) is 2.43. The average Bonchev–Trinajstić information content (AvgIpc) is 3.21. The van der Waals surface area contributed by atoms with Crippen LogP contribution in [0.1, 0.15) is 25.7 Å². The molecular weight excluding hydrogens is 342 g/mol. The van der Waals surface area contributed by atoms with E-state index in [2.05, 4.69) is 20.2 Å². The molecule has 2 saturated heterocycles. The Morgan fingerprint density at radius 1 is 1.07 bits per heavy atom. The number of carbonyl (C=O) groups is 1. The van der Waals surface area contributed by atoms with Gasteiger partial charge in [0.15, 0.2) is 0 Å². The van der Waals surface area contributed by atoms with Gasteiger partial charge in [-0.25, -0.2) is 9.67 Å². The van der Waals surface area contributed by atoms with Crippen LogP contribution in [0.15, 0.2) is 48.7 Å². The van der Waals surface area contributed by atoms with Crippen molar-refractivity contribution in [1.29, 1.82) is 0 Å². The SMILES string of the molecule is O=C(Cn1nnc2ccccc21)N1[C@H]2CC[C@H]1CC(Oc1ccccn1)C2. The van der Waals surface area contributed by atoms with E-state index in [1.807, 2.05) is 42.5 Å². The molecule has 7 nitrogen and oxygen atoms in total. The van der Waals surface area contributed by atoms with Gasteiger partial charge in [0.25, 0.3) is 0 Å². The van der Waals surface area contributed by atoms with Gasteiger partial charge in [0.05, 0.1) is 5.52 Å². The summed E-state index contributed by atoms with van der Waals surface area (Å²) in [5, 5.41) is 8.30. The summed E-state index contributed by atoms with van der Waals surface area (Å²) < 4.78 is 7.75. The number of fused-ring (bicyclic) bond motifs is 3. The van der Waals surface area contributed by atoms with Crippen LogP contribution in [0, 0.1) is 0 Å². The number of para-hydroxylation sites is 1. The van der Waals surface area contributed by atoms with E-state index < -0.39 is 0 Å². The van der Waals surface area contributed by atoms with Gasteiger partial charge in [-0.1, -0.05) is 23.4 Å². The lowest BCUT2D eigenvalue weighted by Crippen LogP contribution is -2.50. The molecule has 2 aliphatic heterocycles. The summed E-state index contributed by atoms with van der Waals surface area (Å²) in [6.07, 6.45) is 5.65. The van der Waals surface area contributed by atoms with Gasteiger partial charge >= 0.3 is 0 Å². The number of ether oxygens (including phenoxy) is 1. The predicted molar refractivity (Wildman–Crippen MR) is 99.1 cm³/mol. The Kier molecular flexibility index (Phi) is 3.99. The number of nitrogens with zero attached hydrogens (tertiary/aromatic N) is 5. The Morgan fingerprint density at radius 2 is 1.85 bits per heavy atom. The molecule has 0 N–H and O–H groups in total. The minimum absolute atomic E-state index is 0.119.